The molecule has 2 nitrogen and oxygen atoms in total. The van der Waals surface area contributed by atoms with Crippen LogP contribution < -0.4 is 5.32 Å². The third-order valence-corrected chi connectivity index (χ3v) is 2.00. The normalized spacial score (nSPS) is 9.93. The maximum Gasteiger partial charge on any atom is 0.146 e. The van der Waals surface area contributed by atoms with Gasteiger partial charge in [-0.05, 0) is 24.3 Å². The zero-order valence-electron chi connectivity index (χ0n) is 7.94. The number of phenols is 1. The van der Waals surface area contributed by atoms with Crippen molar-refractivity contribution >= 4 is 11.4 Å². The Kier molecular flexibility index (Phi) is 2.54. The summed E-state index contributed by atoms with van der Waals surface area (Å²) in [6, 6.07) is 13.1. The lowest BCUT2D eigenvalue weighted by Gasteiger charge is -2.07. The molecule has 2 N–H and O–H groups in total. The van der Waals surface area contributed by atoms with Crippen LogP contribution in [0.5, 0.6) is 5.75 Å². The number of aromatic hydroxyl groups is 1. The van der Waals surface area contributed by atoms with Crippen molar-refractivity contribution < 1.29 is 9.50 Å². The van der Waals surface area contributed by atoms with E-state index >= 15 is 0 Å². The fraction of sp³-hybridized carbons (Fsp3) is 0. The first-order chi connectivity index (χ1) is 7.25. The maximum absolute atomic E-state index is 13.3. The van der Waals surface area contributed by atoms with Gasteiger partial charge in [-0.2, -0.15) is 0 Å². The molecular weight excluding hydrogens is 193 g/mol. The number of hydrogen-bond donors (Lipinski definition) is 2. The Morgan fingerprint density at radius 1 is 1.00 bits per heavy atom. The van der Waals surface area contributed by atoms with Gasteiger partial charge in [-0.15, -0.1) is 0 Å². The van der Waals surface area contributed by atoms with Crippen LogP contribution in [0.1, 0.15) is 0 Å². The molecule has 0 unspecified atom stereocenters. The molecule has 15 heavy (non-hydrogen) atoms. The van der Waals surface area contributed by atoms with E-state index in [4.69, 9.17) is 0 Å². The second kappa shape index (κ2) is 4.00. The van der Waals surface area contributed by atoms with Crippen molar-refractivity contribution in [3.05, 3.63) is 54.3 Å². The van der Waals surface area contributed by atoms with Crippen LogP contribution in [0, 0.1) is 5.82 Å². The number of anilines is 2. The maximum atomic E-state index is 13.3. The third kappa shape index (κ3) is 2.26. The number of rotatable bonds is 2. The lowest BCUT2D eigenvalue weighted by Crippen LogP contribution is -1.92. The van der Waals surface area contributed by atoms with Gasteiger partial charge in [-0.3, -0.25) is 0 Å². The first-order valence-electron chi connectivity index (χ1n) is 4.56. The van der Waals surface area contributed by atoms with E-state index in [0.29, 0.717) is 0 Å². The molecule has 0 radical (unpaired) electrons. The highest BCUT2D eigenvalue weighted by molar-refractivity contribution is 5.61. The summed E-state index contributed by atoms with van der Waals surface area (Å²) in [4.78, 5) is 0. The van der Waals surface area contributed by atoms with E-state index in [1.54, 1.807) is 0 Å². The Morgan fingerprint density at radius 2 is 1.73 bits per heavy atom. The quantitative estimate of drug-likeness (QED) is 0.785. The van der Waals surface area contributed by atoms with Gasteiger partial charge < -0.3 is 10.4 Å². The van der Waals surface area contributed by atoms with Crippen molar-refractivity contribution in [2.45, 2.75) is 0 Å². The molecular formula is C12H10FNO. The Labute approximate surface area is 87.0 Å². The number of halogens is 1. The molecule has 0 fully saturated rings. The molecule has 0 aromatic heterocycles. The van der Waals surface area contributed by atoms with Gasteiger partial charge in [0.05, 0.1) is 5.69 Å². The second-order valence-corrected chi connectivity index (χ2v) is 3.16. The lowest BCUT2D eigenvalue weighted by molar-refractivity contribution is 0.473. The van der Waals surface area contributed by atoms with Gasteiger partial charge in [0.25, 0.3) is 0 Å². The van der Waals surface area contributed by atoms with Crippen LogP contribution in [0.4, 0.5) is 15.8 Å². The average Bonchev–Trinajstić information content (AvgIpc) is 2.25. The van der Waals surface area contributed by atoms with Gasteiger partial charge in [0, 0.05) is 11.8 Å². The minimum absolute atomic E-state index is 0.0369. The molecule has 0 atom stereocenters. The predicted octanol–water partition coefficient (Wildman–Crippen LogP) is 3.27. The fourth-order valence-corrected chi connectivity index (χ4v) is 1.29. The summed E-state index contributed by atoms with van der Waals surface area (Å²) in [5.41, 5.74) is 1.04. The Balaban J connectivity index is 2.28. The summed E-state index contributed by atoms with van der Waals surface area (Å²) in [5.74, 6) is -0.355. The van der Waals surface area contributed by atoms with Gasteiger partial charge in [0.2, 0.25) is 0 Å². The SMILES string of the molecule is Oc1ccc(F)c(Nc2ccccc2)c1. The van der Waals surface area contributed by atoms with E-state index in [1.165, 1.54) is 18.2 Å². The Morgan fingerprint density at radius 3 is 2.47 bits per heavy atom. The molecule has 76 valence electrons. The molecule has 0 heterocycles. The van der Waals surface area contributed by atoms with E-state index in [-0.39, 0.29) is 11.4 Å². The summed E-state index contributed by atoms with van der Waals surface area (Å²) >= 11 is 0. The highest BCUT2D eigenvalue weighted by Crippen LogP contribution is 2.23. The van der Waals surface area contributed by atoms with E-state index < -0.39 is 5.82 Å². The largest absolute Gasteiger partial charge is 0.508 e. The summed E-state index contributed by atoms with van der Waals surface area (Å²) < 4.78 is 13.3. The summed E-state index contributed by atoms with van der Waals surface area (Å²) in [5, 5.41) is 12.1. The highest BCUT2D eigenvalue weighted by atomic mass is 19.1. The van der Waals surface area contributed by atoms with E-state index in [1.807, 2.05) is 30.3 Å². The summed E-state index contributed by atoms with van der Waals surface area (Å²) in [7, 11) is 0. The first-order valence-corrected chi connectivity index (χ1v) is 4.56. The number of para-hydroxylation sites is 1. The molecule has 0 aliphatic carbocycles. The zero-order chi connectivity index (χ0) is 10.7. The average molecular weight is 203 g/mol. The smallest absolute Gasteiger partial charge is 0.146 e. The van der Waals surface area contributed by atoms with Gasteiger partial charge in [0.15, 0.2) is 0 Å². The summed E-state index contributed by atoms with van der Waals surface area (Å²) in [6.45, 7) is 0. The molecule has 0 bridgehead atoms. The van der Waals surface area contributed by atoms with Gasteiger partial charge >= 0.3 is 0 Å². The standard InChI is InChI=1S/C12H10FNO/c13-11-7-6-10(15)8-12(11)14-9-4-2-1-3-5-9/h1-8,14-15H. The van der Waals surface area contributed by atoms with Gasteiger partial charge in [-0.1, -0.05) is 18.2 Å². The van der Waals surface area contributed by atoms with Crippen LogP contribution in [0.2, 0.25) is 0 Å². The zero-order valence-corrected chi connectivity index (χ0v) is 7.94. The van der Waals surface area contributed by atoms with Crippen LogP contribution in [-0.4, -0.2) is 5.11 Å². The topological polar surface area (TPSA) is 32.3 Å². The Hall–Kier alpha value is -2.03. The number of phenolic OH excluding ortho intramolecular Hbond substituents is 1. The van der Waals surface area contributed by atoms with E-state index in [9.17, 15) is 9.50 Å². The van der Waals surface area contributed by atoms with Crippen LogP contribution >= 0.6 is 0 Å². The van der Waals surface area contributed by atoms with Gasteiger partial charge in [-0.25, -0.2) is 4.39 Å². The monoisotopic (exact) mass is 203 g/mol. The van der Waals surface area contributed by atoms with E-state index in [0.717, 1.165) is 5.69 Å². The van der Waals surface area contributed by atoms with Crippen molar-refractivity contribution in [3.8, 4) is 5.75 Å². The molecule has 2 rings (SSSR count). The van der Waals surface area contributed by atoms with Crippen LogP contribution in [0.3, 0.4) is 0 Å². The van der Waals surface area contributed by atoms with Crippen molar-refractivity contribution in [1.82, 2.24) is 0 Å². The molecule has 3 heteroatoms. The highest BCUT2D eigenvalue weighted by Gasteiger charge is 2.02. The van der Waals surface area contributed by atoms with Crippen LogP contribution in [0.25, 0.3) is 0 Å². The van der Waals surface area contributed by atoms with Crippen LogP contribution in [-0.2, 0) is 0 Å². The van der Waals surface area contributed by atoms with Crippen molar-refractivity contribution in [3.63, 3.8) is 0 Å². The first kappa shape index (κ1) is 9.52. The molecule has 2 aromatic rings. The minimum Gasteiger partial charge on any atom is -0.508 e. The van der Waals surface area contributed by atoms with Gasteiger partial charge in [0.1, 0.15) is 11.6 Å². The fourth-order valence-electron chi connectivity index (χ4n) is 1.29. The molecule has 0 aliphatic heterocycles. The molecule has 0 aliphatic rings. The second-order valence-electron chi connectivity index (χ2n) is 3.16. The molecule has 0 amide bonds. The molecule has 0 spiro atoms. The third-order valence-electron chi connectivity index (χ3n) is 2.00. The number of benzene rings is 2. The van der Waals surface area contributed by atoms with Crippen molar-refractivity contribution in [1.29, 1.82) is 0 Å². The number of hydrogen-bond acceptors (Lipinski definition) is 2. The van der Waals surface area contributed by atoms with E-state index in [2.05, 4.69) is 5.32 Å². The number of nitrogens with one attached hydrogen (secondary N) is 1. The lowest BCUT2D eigenvalue weighted by atomic mass is 10.2. The minimum atomic E-state index is -0.392. The predicted molar refractivity (Wildman–Crippen MR) is 57.8 cm³/mol. The molecule has 2 aromatic carbocycles. The van der Waals surface area contributed by atoms with Crippen molar-refractivity contribution in [2.24, 2.45) is 0 Å². The molecule has 0 saturated carbocycles. The Bertz CT molecular complexity index is 456. The van der Waals surface area contributed by atoms with Crippen LogP contribution in [0.15, 0.2) is 48.5 Å². The molecule has 0 saturated heterocycles. The summed E-state index contributed by atoms with van der Waals surface area (Å²) in [6.07, 6.45) is 0. The van der Waals surface area contributed by atoms with Crippen molar-refractivity contribution in [2.75, 3.05) is 5.32 Å².